The van der Waals surface area contributed by atoms with Gasteiger partial charge in [0.2, 0.25) is 0 Å². The zero-order valence-electron chi connectivity index (χ0n) is 18.9. The minimum atomic E-state index is -0.503. The van der Waals surface area contributed by atoms with Gasteiger partial charge < -0.3 is 25.6 Å². The number of carbonyl (C=O) groups excluding carboxylic acids is 1. The van der Waals surface area contributed by atoms with Crippen LogP contribution in [0, 0.1) is 0 Å². The minimum Gasteiger partial charge on any atom is -0.444 e. The van der Waals surface area contributed by atoms with Crippen LogP contribution in [0.25, 0.3) is 0 Å². The highest BCUT2D eigenvalue weighted by Crippen LogP contribution is 2.16. The van der Waals surface area contributed by atoms with Gasteiger partial charge in [-0.15, -0.1) is 24.0 Å². The molecule has 0 aromatic carbocycles. The molecule has 1 amide bonds. The van der Waals surface area contributed by atoms with Crippen LogP contribution in [0.3, 0.4) is 0 Å². The molecule has 0 radical (unpaired) electrons. The second-order valence-corrected chi connectivity index (χ2v) is 9.10. The Morgan fingerprint density at radius 1 is 1.18 bits per heavy atom. The highest BCUT2D eigenvalue weighted by molar-refractivity contribution is 14.0. The van der Waals surface area contributed by atoms with E-state index in [9.17, 15) is 4.79 Å². The first-order valence-corrected chi connectivity index (χ1v) is 10.2. The summed E-state index contributed by atoms with van der Waals surface area (Å²) in [5.41, 5.74) is -0.958. The van der Waals surface area contributed by atoms with Crippen molar-refractivity contribution in [3.8, 4) is 0 Å². The zero-order valence-corrected chi connectivity index (χ0v) is 21.2. The number of hydrogen-bond donors (Lipinski definition) is 3. The molecule has 1 atom stereocenters. The van der Waals surface area contributed by atoms with Crippen LogP contribution in [0.1, 0.15) is 67.2 Å². The number of halogens is 1. The molecule has 8 heteroatoms. The van der Waals surface area contributed by atoms with Crippen molar-refractivity contribution in [3.05, 3.63) is 0 Å². The summed E-state index contributed by atoms with van der Waals surface area (Å²) in [5.74, 6) is 0.751. The summed E-state index contributed by atoms with van der Waals surface area (Å²) in [6, 6.07) is 0.705. The van der Waals surface area contributed by atoms with Gasteiger partial charge in [-0.25, -0.2) is 4.79 Å². The van der Waals surface area contributed by atoms with E-state index in [1.54, 1.807) is 7.05 Å². The number of likely N-dealkylation sites (tertiary alicyclic amines) is 1. The maximum absolute atomic E-state index is 12.0. The van der Waals surface area contributed by atoms with Crippen LogP contribution in [-0.4, -0.2) is 67.4 Å². The standard InChI is InChI=1S/C20H41N5O2.HI/c1-16-11-8-9-13-25(16)14-10-12-22-17(21-7)23-15-20(5,6)24-18(26)27-19(2,3)4;/h16H,8-15H2,1-7H3,(H,24,26)(H2,21,22,23);1H. The highest BCUT2D eigenvalue weighted by atomic mass is 127. The maximum atomic E-state index is 12.0. The SMILES string of the molecule is CN=C(NCCCN1CCCCC1C)NCC(C)(C)NC(=O)OC(C)(C)C.I. The van der Waals surface area contributed by atoms with Crippen molar-refractivity contribution in [2.24, 2.45) is 4.99 Å². The molecule has 3 N–H and O–H groups in total. The van der Waals surface area contributed by atoms with E-state index in [-0.39, 0.29) is 24.0 Å². The topological polar surface area (TPSA) is 78.0 Å². The van der Waals surface area contributed by atoms with Crippen molar-refractivity contribution < 1.29 is 9.53 Å². The molecule has 166 valence electrons. The Morgan fingerprint density at radius 3 is 2.43 bits per heavy atom. The van der Waals surface area contributed by atoms with Gasteiger partial charge in [-0.3, -0.25) is 4.99 Å². The van der Waals surface area contributed by atoms with Crippen LogP contribution in [0.5, 0.6) is 0 Å². The molecule has 1 heterocycles. The Kier molecular flexibility index (Phi) is 12.4. The molecule has 0 aromatic rings. The molecule has 0 aromatic heterocycles. The summed E-state index contributed by atoms with van der Waals surface area (Å²) in [6.45, 7) is 15.6. The fourth-order valence-corrected chi connectivity index (χ4v) is 3.13. The number of carbonyl (C=O) groups is 1. The third-order valence-corrected chi connectivity index (χ3v) is 4.62. The van der Waals surface area contributed by atoms with Crippen LogP contribution in [-0.2, 0) is 4.74 Å². The van der Waals surface area contributed by atoms with E-state index < -0.39 is 17.2 Å². The van der Waals surface area contributed by atoms with Gasteiger partial charge in [-0.05, 0) is 67.3 Å². The van der Waals surface area contributed by atoms with E-state index in [1.807, 2.05) is 34.6 Å². The summed E-state index contributed by atoms with van der Waals surface area (Å²) >= 11 is 0. The van der Waals surface area contributed by atoms with Crippen molar-refractivity contribution in [3.63, 3.8) is 0 Å². The predicted molar refractivity (Wildman–Crippen MR) is 128 cm³/mol. The average molecular weight is 511 g/mol. The monoisotopic (exact) mass is 511 g/mol. The summed E-state index contributed by atoms with van der Waals surface area (Å²) in [4.78, 5) is 18.8. The van der Waals surface area contributed by atoms with E-state index in [0.717, 1.165) is 25.5 Å². The molecule has 1 saturated heterocycles. The Bertz CT molecular complexity index is 491. The molecule has 0 bridgehead atoms. The van der Waals surface area contributed by atoms with Gasteiger partial charge in [0.05, 0.1) is 5.54 Å². The molecule has 28 heavy (non-hydrogen) atoms. The molecule has 1 unspecified atom stereocenters. The fraction of sp³-hybridized carbons (Fsp3) is 0.900. The van der Waals surface area contributed by atoms with Crippen LogP contribution < -0.4 is 16.0 Å². The number of nitrogens with zero attached hydrogens (tertiary/aromatic N) is 2. The molecular weight excluding hydrogens is 469 g/mol. The lowest BCUT2D eigenvalue weighted by Crippen LogP contribution is -2.54. The lowest BCUT2D eigenvalue weighted by Gasteiger charge is -2.33. The van der Waals surface area contributed by atoms with Gasteiger partial charge in [0.1, 0.15) is 5.60 Å². The number of hydrogen-bond acceptors (Lipinski definition) is 4. The molecule has 0 aliphatic carbocycles. The number of nitrogens with one attached hydrogen (secondary N) is 3. The summed E-state index contributed by atoms with van der Waals surface area (Å²) in [5, 5.41) is 9.53. The maximum Gasteiger partial charge on any atom is 0.408 e. The van der Waals surface area contributed by atoms with Crippen LogP contribution in [0.2, 0.25) is 0 Å². The number of piperidine rings is 1. The second kappa shape index (κ2) is 12.7. The second-order valence-electron chi connectivity index (χ2n) is 9.10. The van der Waals surface area contributed by atoms with Gasteiger partial charge in [-0.2, -0.15) is 0 Å². The number of aliphatic imine (C=N–C) groups is 1. The molecule has 1 fully saturated rings. The third kappa shape index (κ3) is 11.9. The van der Waals surface area contributed by atoms with Crippen LogP contribution in [0.15, 0.2) is 4.99 Å². The Morgan fingerprint density at radius 2 is 1.86 bits per heavy atom. The summed E-state index contributed by atoms with van der Waals surface area (Å²) in [6.07, 6.45) is 4.68. The van der Waals surface area contributed by atoms with Crippen LogP contribution in [0.4, 0.5) is 4.79 Å². The van der Waals surface area contributed by atoms with E-state index >= 15 is 0 Å². The third-order valence-electron chi connectivity index (χ3n) is 4.62. The molecule has 1 aliphatic rings. The quantitative estimate of drug-likeness (QED) is 0.212. The first-order chi connectivity index (χ1) is 12.5. The van der Waals surface area contributed by atoms with E-state index in [1.165, 1.54) is 25.8 Å². The highest BCUT2D eigenvalue weighted by Gasteiger charge is 2.24. The predicted octanol–water partition coefficient (Wildman–Crippen LogP) is 3.34. The first kappa shape index (κ1) is 27.2. The molecule has 7 nitrogen and oxygen atoms in total. The minimum absolute atomic E-state index is 0. The van der Waals surface area contributed by atoms with E-state index in [2.05, 4.69) is 32.8 Å². The van der Waals surface area contributed by atoms with Crippen molar-refractivity contribution in [1.82, 2.24) is 20.9 Å². The number of ether oxygens (including phenoxy) is 1. The van der Waals surface area contributed by atoms with Gasteiger partial charge in [0, 0.05) is 32.7 Å². The molecule has 1 aliphatic heterocycles. The molecular formula is C20H42IN5O2. The Hall–Kier alpha value is -0.770. The van der Waals surface area contributed by atoms with E-state index in [0.29, 0.717) is 12.6 Å². The van der Waals surface area contributed by atoms with E-state index in [4.69, 9.17) is 4.74 Å². The lowest BCUT2D eigenvalue weighted by atomic mass is 10.0. The number of alkyl carbamates (subject to hydrolysis) is 1. The average Bonchev–Trinajstić information content (AvgIpc) is 2.53. The smallest absolute Gasteiger partial charge is 0.408 e. The number of amides is 1. The van der Waals surface area contributed by atoms with Gasteiger partial charge in [0.25, 0.3) is 0 Å². The Balaban J connectivity index is 0.00000729. The summed E-state index contributed by atoms with van der Waals surface area (Å²) < 4.78 is 5.32. The normalized spacial score (nSPS) is 18.8. The first-order valence-electron chi connectivity index (χ1n) is 10.2. The number of rotatable bonds is 7. The van der Waals surface area contributed by atoms with Crippen molar-refractivity contribution in [2.45, 2.75) is 84.4 Å². The van der Waals surface area contributed by atoms with Gasteiger partial charge >= 0.3 is 6.09 Å². The molecule has 1 rings (SSSR count). The summed E-state index contributed by atoms with van der Waals surface area (Å²) in [7, 11) is 1.76. The lowest BCUT2D eigenvalue weighted by molar-refractivity contribution is 0.0474. The van der Waals surface area contributed by atoms with Gasteiger partial charge in [-0.1, -0.05) is 6.42 Å². The van der Waals surface area contributed by atoms with Crippen molar-refractivity contribution in [2.75, 3.05) is 33.2 Å². The van der Waals surface area contributed by atoms with Gasteiger partial charge in [0.15, 0.2) is 5.96 Å². The number of guanidine groups is 1. The Labute approximate surface area is 188 Å². The van der Waals surface area contributed by atoms with Crippen molar-refractivity contribution in [1.29, 1.82) is 0 Å². The zero-order chi connectivity index (χ0) is 20.5. The largest absolute Gasteiger partial charge is 0.444 e. The van der Waals surface area contributed by atoms with Crippen LogP contribution >= 0.6 is 24.0 Å². The fourth-order valence-electron chi connectivity index (χ4n) is 3.13. The molecule has 0 spiro atoms. The molecule has 0 saturated carbocycles. The van der Waals surface area contributed by atoms with Crippen molar-refractivity contribution >= 4 is 36.0 Å².